The number of carbonyl (C=O) groups excluding carboxylic acids is 1. The first-order valence-corrected chi connectivity index (χ1v) is 11.7. The monoisotopic (exact) mass is 474 g/mol. The Bertz CT molecular complexity index is 1300. The smallest absolute Gasteiger partial charge is 0.270 e. The van der Waals surface area contributed by atoms with Crippen LogP contribution < -0.4 is 19.1 Å². The van der Waals surface area contributed by atoms with Crippen LogP contribution in [0.5, 0.6) is 11.5 Å². The Balaban J connectivity index is 1.75. The van der Waals surface area contributed by atoms with Gasteiger partial charge in [0.2, 0.25) is 5.78 Å². The summed E-state index contributed by atoms with van der Waals surface area (Å²) in [6.07, 6.45) is 1.16. The van der Waals surface area contributed by atoms with Crippen LogP contribution in [-0.4, -0.2) is 28.4 Å². The molecule has 10 heteroatoms. The average molecular weight is 475 g/mol. The van der Waals surface area contributed by atoms with Gasteiger partial charge in [0.1, 0.15) is 22.2 Å². The number of carbonyl (C=O) groups is 1. The third kappa shape index (κ3) is 3.94. The summed E-state index contributed by atoms with van der Waals surface area (Å²) in [4.78, 5) is 12.9. The maximum absolute atomic E-state index is 13.4. The van der Waals surface area contributed by atoms with Crippen molar-refractivity contribution in [2.45, 2.75) is 6.54 Å². The maximum atomic E-state index is 13.4. The quantitative estimate of drug-likeness (QED) is 0.534. The first-order valence-electron chi connectivity index (χ1n) is 9.43. The molecule has 2 aromatic carbocycles. The zero-order chi connectivity index (χ0) is 22.9. The molecule has 0 spiro atoms. The number of hydrogen-bond donors (Lipinski definition) is 1. The van der Waals surface area contributed by atoms with E-state index in [2.05, 4.69) is 5.32 Å². The van der Waals surface area contributed by atoms with Gasteiger partial charge in [-0.05, 0) is 41.3 Å². The van der Waals surface area contributed by atoms with Crippen LogP contribution in [0.2, 0.25) is 0 Å². The van der Waals surface area contributed by atoms with E-state index in [9.17, 15) is 17.6 Å². The Morgan fingerprint density at radius 3 is 2.53 bits per heavy atom. The van der Waals surface area contributed by atoms with E-state index in [0.29, 0.717) is 33.3 Å². The number of nitrogens with zero attached hydrogens (tertiary/aromatic N) is 1. The van der Waals surface area contributed by atoms with Gasteiger partial charge in [-0.1, -0.05) is 12.1 Å². The van der Waals surface area contributed by atoms with E-state index in [-0.39, 0.29) is 6.54 Å². The van der Waals surface area contributed by atoms with E-state index in [0.717, 1.165) is 21.8 Å². The fraction of sp³-hybridized carbons (Fsp3) is 0.136. The summed E-state index contributed by atoms with van der Waals surface area (Å²) in [5.41, 5.74) is 1.33. The number of allylic oxidation sites excluding steroid dienone is 1. The molecule has 0 radical (unpaired) electrons. The van der Waals surface area contributed by atoms with Gasteiger partial charge in [0.05, 0.1) is 32.1 Å². The summed E-state index contributed by atoms with van der Waals surface area (Å²) in [6, 6.07) is 12.1. The maximum Gasteiger partial charge on any atom is 0.270 e. The molecular formula is C22H19FN2O5S2. The number of ether oxygens (including phenoxy) is 2. The lowest BCUT2D eigenvalue weighted by Gasteiger charge is -2.29. The van der Waals surface area contributed by atoms with Crippen molar-refractivity contribution in [3.05, 3.63) is 81.3 Å². The molecule has 166 valence electrons. The largest absolute Gasteiger partial charge is 0.497 e. The van der Waals surface area contributed by atoms with Crippen LogP contribution in [0.25, 0.3) is 0 Å². The summed E-state index contributed by atoms with van der Waals surface area (Å²) < 4.78 is 51.8. The number of thiophene rings is 1. The van der Waals surface area contributed by atoms with Gasteiger partial charge < -0.3 is 14.8 Å². The highest BCUT2D eigenvalue weighted by Gasteiger charge is 2.41. The van der Waals surface area contributed by atoms with Crippen LogP contribution in [0.1, 0.15) is 15.2 Å². The molecule has 7 nitrogen and oxygen atoms in total. The summed E-state index contributed by atoms with van der Waals surface area (Å²) >= 11 is 1.16. The third-order valence-corrected chi connectivity index (χ3v) is 7.58. The molecule has 0 fully saturated rings. The van der Waals surface area contributed by atoms with E-state index >= 15 is 0 Å². The molecule has 0 bridgehead atoms. The molecule has 0 atom stereocenters. The lowest BCUT2D eigenvalue weighted by atomic mass is 10.2. The Hall–Kier alpha value is -3.37. The minimum absolute atomic E-state index is 0.0422. The van der Waals surface area contributed by atoms with Gasteiger partial charge in [0.15, 0.2) is 4.91 Å². The highest BCUT2D eigenvalue weighted by Crippen LogP contribution is 2.39. The molecular weight excluding hydrogens is 455 g/mol. The van der Waals surface area contributed by atoms with E-state index in [1.165, 1.54) is 38.5 Å². The molecule has 0 saturated carbocycles. The van der Waals surface area contributed by atoms with Gasteiger partial charge in [-0.3, -0.25) is 9.10 Å². The average Bonchev–Trinajstić information content (AvgIpc) is 3.27. The van der Waals surface area contributed by atoms with Gasteiger partial charge in [-0.2, -0.15) is 0 Å². The van der Waals surface area contributed by atoms with Gasteiger partial charge in [0.25, 0.3) is 10.0 Å². The van der Waals surface area contributed by atoms with E-state index < -0.39 is 26.5 Å². The highest BCUT2D eigenvalue weighted by atomic mass is 32.2. The van der Waals surface area contributed by atoms with E-state index in [1.807, 2.05) is 0 Å². The number of benzene rings is 2. The van der Waals surface area contributed by atoms with Crippen LogP contribution in [0.3, 0.4) is 0 Å². The van der Waals surface area contributed by atoms with Crippen molar-refractivity contribution in [2.75, 3.05) is 23.8 Å². The summed E-state index contributed by atoms with van der Waals surface area (Å²) in [5.74, 6) is -0.0373. The first-order chi connectivity index (χ1) is 15.3. The van der Waals surface area contributed by atoms with E-state index in [4.69, 9.17) is 9.47 Å². The van der Waals surface area contributed by atoms with Crippen molar-refractivity contribution in [1.29, 1.82) is 0 Å². The predicted molar refractivity (Wildman–Crippen MR) is 121 cm³/mol. The normalized spacial score (nSPS) is 16.0. The van der Waals surface area contributed by atoms with Gasteiger partial charge in [0, 0.05) is 12.3 Å². The summed E-state index contributed by atoms with van der Waals surface area (Å²) in [5, 5.41) is 4.53. The third-order valence-electron chi connectivity index (χ3n) is 4.92. The number of nitrogens with one attached hydrogen (secondary N) is 1. The summed E-state index contributed by atoms with van der Waals surface area (Å²) in [6.45, 7) is -0.0422. The zero-order valence-electron chi connectivity index (χ0n) is 17.2. The molecule has 0 aliphatic carbocycles. The highest BCUT2D eigenvalue weighted by molar-refractivity contribution is 7.97. The number of sulfonamides is 1. The fourth-order valence-corrected chi connectivity index (χ4v) is 5.77. The molecule has 1 aliphatic heterocycles. The number of anilines is 2. The predicted octanol–water partition coefficient (Wildman–Crippen LogP) is 4.39. The van der Waals surface area contributed by atoms with Gasteiger partial charge >= 0.3 is 0 Å². The SMILES string of the molecule is COc1ccc(OC)c(NC=C2C(=O)c3sccc3N(Cc3ccc(F)cc3)S2(=O)=O)c1. The minimum Gasteiger partial charge on any atom is -0.497 e. The molecule has 4 rings (SSSR count). The van der Waals surface area contributed by atoms with Crippen molar-refractivity contribution < 1.29 is 27.1 Å². The lowest BCUT2D eigenvalue weighted by molar-refractivity contribution is 0.104. The van der Waals surface area contributed by atoms with Crippen molar-refractivity contribution in [2.24, 2.45) is 0 Å². The van der Waals surface area contributed by atoms with Crippen molar-refractivity contribution in [3.63, 3.8) is 0 Å². The molecule has 3 aromatic rings. The number of rotatable bonds is 6. The van der Waals surface area contributed by atoms with Crippen LogP contribution in [-0.2, 0) is 16.6 Å². The topological polar surface area (TPSA) is 84.9 Å². The van der Waals surface area contributed by atoms with Crippen molar-refractivity contribution >= 4 is 38.5 Å². The number of methoxy groups -OCH3 is 2. The van der Waals surface area contributed by atoms with Crippen molar-refractivity contribution in [3.8, 4) is 11.5 Å². The van der Waals surface area contributed by atoms with E-state index in [1.54, 1.807) is 29.6 Å². The van der Waals surface area contributed by atoms with Gasteiger partial charge in [-0.25, -0.2) is 12.8 Å². The van der Waals surface area contributed by atoms with Crippen LogP contribution >= 0.6 is 11.3 Å². The Kier molecular flexibility index (Phi) is 5.90. The molecule has 0 unspecified atom stereocenters. The molecule has 2 heterocycles. The van der Waals surface area contributed by atoms with Crippen LogP contribution in [0.4, 0.5) is 15.8 Å². The molecule has 1 aliphatic rings. The van der Waals surface area contributed by atoms with Crippen LogP contribution in [0, 0.1) is 5.82 Å². The molecule has 32 heavy (non-hydrogen) atoms. The number of ketones is 1. The number of hydrogen-bond acceptors (Lipinski definition) is 7. The fourth-order valence-electron chi connectivity index (χ4n) is 3.28. The standard InChI is InChI=1S/C22H19FN2O5S2/c1-29-16-7-8-19(30-2)17(11-16)24-12-20-21(26)22-18(9-10-31-22)25(32(20,27)28)13-14-3-5-15(23)6-4-14/h3-12,24H,13H2,1-2H3. The number of Topliss-reactive ketones (excluding diaryl/α,β-unsaturated/α-hetero) is 1. The molecule has 1 aromatic heterocycles. The Labute approximate surface area is 188 Å². The Morgan fingerprint density at radius 2 is 1.84 bits per heavy atom. The first kappa shape index (κ1) is 21.8. The molecule has 1 N–H and O–H groups in total. The minimum atomic E-state index is -4.19. The van der Waals surface area contributed by atoms with Crippen LogP contribution in [0.15, 0.2) is 65.0 Å². The van der Waals surface area contributed by atoms with Gasteiger partial charge in [-0.15, -0.1) is 11.3 Å². The number of fused-ring (bicyclic) bond motifs is 1. The second kappa shape index (κ2) is 8.64. The molecule has 0 saturated heterocycles. The lowest BCUT2D eigenvalue weighted by Crippen LogP contribution is -2.38. The zero-order valence-corrected chi connectivity index (χ0v) is 18.8. The second-order valence-electron chi connectivity index (χ2n) is 6.82. The summed E-state index contributed by atoms with van der Waals surface area (Å²) in [7, 11) is -1.21. The number of halogens is 1. The second-order valence-corrected chi connectivity index (χ2v) is 9.57. The molecule has 0 amide bonds. The Morgan fingerprint density at radius 1 is 1.09 bits per heavy atom. The van der Waals surface area contributed by atoms with Crippen molar-refractivity contribution in [1.82, 2.24) is 0 Å².